The third-order valence-corrected chi connectivity index (χ3v) is 2.46. The summed E-state index contributed by atoms with van der Waals surface area (Å²) in [7, 11) is 0. The van der Waals surface area contributed by atoms with Gasteiger partial charge in [0.1, 0.15) is 0 Å². The molecule has 0 heterocycles. The van der Waals surface area contributed by atoms with Gasteiger partial charge in [0, 0.05) is 17.7 Å². The summed E-state index contributed by atoms with van der Waals surface area (Å²) >= 11 is 0. The van der Waals surface area contributed by atoms with Crippen molar-refractivity contribution in [3.05, 3.63) is 39.4 Å². The Bertz CT molecular complexity index is 630. The number of carbonyl (C=O) groups excluding carboxylic acids is 3. The molecule has 0 unspecified atom stereocenters. The van der Waals surface area contributed by atoms with Crippen LogP contribution < -0.4 is 10.9 Å². The fraction of sp³-hybridized carbons (Fsp3) is 0.308. The Morgan fingerprint density at radius 3 is 2.22 bits per heavy atom. The van der Waals surface area contributed by atoms with Crippen LogP contribution in [0.2, 0.25) is 0 Å². The Labute approximate surface area is 130 Å². The van der Waals surface area contributed by atoms with Crippen molar-refractivity contribution in [1.82, 2.24) is 10.9 Å². The van der Waals surface area contributed by atoms with Gasteiger partial charge in [0.25, 0.3) is 11.6 Å². The minimum Gasteiger partial charge on any atom is -0.462 e. The lowest BCUT2D eigenvalue weighted by Gasteiger charge is -2.08. The van der Waals surface area contributed by atoms with Gasteiger partial charge in [0.15, 0.2) is 0 Å². The van der Waals surface area contributed by atoms with E-state index in [1.807, 2.05) is 10.9 Å². The largest absolute Gasteiger partial charge is 0.462 e. The third kappa shape index (κ3) is 5.26. The molecule has 2 amide bonds. The normalized spacial score (nSPS) is 9.65. The summed E-state index contributed by atoms with van der Waals surface area (Å²) in [6.07, 6.45) is -0.892. The summed E-state index contributed by atoms with van der Waals surface area (Å²) in [5.41, 5.74) is 3.16. The first-order chi connectivity index (χ1) is 10.9. The number of hydrogen-bond acceptors (Lipinski definition) is 7. The van der Waals surface area contributed by atoms with Crippen LogP contribution in [0.3, 0.4) is 0 Å². The molecule has 0 aromatic heterocycles. The summed E-state index contributed by atoms with van der Waals surface area (Å²) < 4.78 is 9.28. The molecule has 0 fully saturated rings. The molecular formula is C13H15N3O7. The standard InChI is InChI=1S/C13H15N3O7/c1-3-22-12(18)9-5-8(6-10(7-9)16(20)21)11(17)14-15-13(19)23-4-2/h5-7H,3-4H2,1-2H3,(H,14,17)(H,15,19). The van der Waals surface area contributed by atoms with E-state index in [9.17, 15) is 24.5 Å². The smallest absolute Gasteiger partial charge is 0.426 e. The predicted octanol–water partition coefficient (Wildman–Crippen LogP) is 1.16. The highest BCUT2D eigenvalue weighted by molar-refractivity contribution is 5.99. The van der Waals surface area contributed by atoms with Crippen LogP contribution in [0.15, 0.2) is 18.2 Å². The molecule has 10 heteroatoms. The van der Waals surface area contributed by atoms with Crippen LogP contribution in [0.25, 0.3) is 0 Å². The summed E-state index contributed by atoms with van der Waals surface area (Å²) in [5.74, 6) is -1.66. The number of hydrogen-bond donors (Lipinski definition) is 2. The molecule has 1 rings (SSSR count). The number of esters is 1. The van der Waals surface area contributed by atoms with Gasteiger partial charge in [-0.25, -0.2) is 15.0 Å². The van der Waals surface area contributed by atoms with Gasteiger partial charge in [-0.1, -0.05) is 0 Å². The number of non-ortho nitro benzene ring substituents is 1. The van der Waals surface area contributed by atoms with Crippen molar-refractivity contribution in [3.8, 4) is 0 Å². The fourth-order valence-corrected chi connectivity index (χ4v) is 1.53. The molecule has 23 heavy (non-hydrogen) atoms. The second-order valence-electron chi connectivity index (χ2n) is 4.05. The highest BCUT2D eigenvalue weighted by atomic mass is 16.6. The topological polar surface area (TPSA) is 137 Å². The maximum atomic E-state index is 11.9. The number of nitro benzene ring substituents is 1. The molecular weight excluding hydrogens is 310 g/mol. The molecule has 0 aliphatic rings. The molecule has 0 aliphatic heterocycles. The first kappa shape index (κ1) is 17.9. The Morgan fingerprint density at radius 2 is 1.65 bits per heavy atom. The fourth-order valence-electron chi connectivity index (χ4n) is 1.53. The lowest BCUT2D eigenvalue weighted by atomic mass is 10.1. The number of ether oxygens (including phenoxy) is 2. The molecule has 0 bridgehead atoms. The molecule has 0 radical (unpaired) electrons. The van der Waals surface area contributed by atoms with E-state index in [-0.39, 0.29) is 24.3 Å². The van der Waals surface area contributed by atoms with Crippen LogP contribution in [0, 0.1) is 10.1 Å². The van der Waals surface area contributed by atoms with Crippen LogP contribution in [0.1, 0.15) is 34.6 Å². The van der Waals surface area contributed by atoms with Crippen LogP contribution >= 0.6 is 0 Å². The maximum Gasteiger partial charge on any atom is 0.426 e. The van der Waals surface area contributed by atoms with Crippen molar-refractivity contribution in [1.29, 1.82) is 0 Å². The summed E-state index contributed by atoms with van der Waals surface area (Å²) in [4.78, 5) is 44.8. The van der Waals surface area contributed by atoms with Gasteiger partial charge >= 0.3 is 12.1 Å². The van der Waals surface area contributed by atoms with Crippen molar-refractivity contribution >= 4 is 23.7 Å². The average Bonchev–Trinajstić information content (AvgIpc) is 2.52. The van der Waals surface area contributed by atoms with Crippen molar-refractivity contribution < 1.29 is 28.8 Å². The molecule has 0 aliphatic carbocycles. The Kier molecular flexibility index (Phi) is 6.46. The highest BCUT2D eigenvalue weighted by Gasteiger charge is 2.19. The maximum absolute atomic E-state index is 11.9. The van der Waals surface area contributed by atoms with Crippen LogP contribution in [-0.2, 0) is 9.47 Å². The van der Waals surface area contributed by atoms with Gasteiger partial charge in [-0.15, -0.1) is 0 Å². The monoisotopic (exact) mass is 325 g/mol. The average molecular weight is 325 g/mol. The van der Waals surface area contributed by atoms with Gasteiger partial charge in [-0.2, -0.15) is 0 Å². The molecule has 1 aromatic rings. The predicted molar refractivity (Wildman–Crippen MR) is 76.7 cm³/mol. The van der Waals surface area contributed by atoms with Gasteiger partial charge in [-0.3, -0.25) is 20.3 Å². The van der Waals surface area contributed by atoms with Crippen molar-refractivity contribution in [2.24, 2.45) is 0 Å². The summed E-state index contributed by atoms with van der Waals surface area (Å²) in [6, 6.07) is 3.08. The zero-order valence-electron chi connectivity index (χ0n) is 12.5. The van der Waals surface area contributed by atoms with Crippen LogP contribution in [0.5, 0.6) is 0 Å². The Morgan fingerprint density at radius 1 is 1.04 bits per heavy atom. The van der Waals surface area contributed by atoms with Crippen LogP contribution in [0.4, 0.5) is 10.5 Å². The van der Waals surface area contributed by atoms with Gasteiger partial charge in [0.2, 0.25) is 0 Å². The number of carbonyl (C=O) groups is 3. The molecule has 0 saturated heterocycles. The van der Waals surface area contributed by atoms with E-state index < -0.39 is 28.6 Å². The van der Waals surface area contributed by atoms with E-state index >= 15 is 0 Å². The molecule has 0 saturated carbocycles. The summed E-state index contributed by atoms with van der Waals surface area (Å²) in [5, 5.41) is 10.9. The molecule has 2 N–H and O–H groups in total. The van der Waals surface area contributed by atoms with E-state index in [0.717, 1.165) is 18.2 Å². The number of benzene rings is 1. The lowest BCUT2D eigenvalue weighted by molar-refractivity contribution is -0.384. The first-order valence-corrected chi connectivity index (χ1v) is 6.58. The highest BCUT2D eigenvalue weighted by Crippen LogP contribution is 2.18. The second kappa shape index (κ2) is 8.32. The lowest BCUT2D eigenvalue weighted by Crippen LogP contribution is -2.42. The van der Waals surface area contributed by atoms with Crippen LogP contribution in [-0.4, -0.2) is 36.1 Å². The van der Waals surface area contributed by atoms with E-state index in [4.69, 9.17) is 4.74 Å². The Balaban J connectivity index is 3.00. The second-order valence-corrected chi connectivity index (χ2v) is 4.05. The van der Waals surface area contributed by atoms with Crippen molar-refractivity contribution in [2.75, 3.05) is 13.2 Å². The minimum atomic E-state index is -0.892. The minimum absolute atomic E-state index is 0.0769. The van der Waals surface area contributed by atoms with Gasteiger partial charge in [0.05, 0.1) is 23.7 Å². The van der Waals surface area contributed by atoms with E-state index in [2.05, 4.69) is 4.74 Å². The van der Waals surface area contributed by atoms with Gasteiger partial charge < -0.3 is 9.47 Å². The summed E-state index contributed by atoms with van der Waals surface area (Å²) in [6.45, 7) is 3.33. The third-order valence-electron chi connectivity index (χ3n) is 2.46. The van der Waals surface area contributed by atoms with E-state index in [0.29, 0.717) is 0 Å². The number of hydrazine groups is 1. The van der Waals surface area contributed by atoms with Crippen molar-refractivity contribution in [2.45, 2.75) is 13.8 Å². The van der Waals surface area contributed by atoms with E-state index in [1.54, 1.807) is 13.8 Å². The zero-order chi connectivity index (χ0) is 17.4. The SMILES string of the molecule is CCOC(=O)NNC(=O)c1cc(C(=O)OCC)cc([N+](=O)[O-])c1. The van der Waals surface area contributed by atoms with E-state index in [1.165, 1.54) is 0 Å². The Hall–Kier alpha value is -3.17. The zero-order valence-corrected chi connectivity index (χ0v) is 12.5. The number of amides is 2. The molecule has 1 aromatic carbocycles. The molecule has 10 nitrogen and oxygen atoms in total. The number of nitrogens with one attached hydrogen (secondary N) is 2. The molecule has 124 valence electrons. The number of nitro groups is 1. The number of rotatable bonds is 5. The van der Waals surface area contributed by atoms with Crippen molar-refractivity contribution in [3.63, 3.8) is 0 Å². The number of nitrogens with zero attached hydrogens (tertiary/aromatic N) is 1. The molecule has 0 atom stereocenters. The quantitative estimate of drug-likeness (QED) is 0.471. The van der Waals surface area contributed by atoms with Gasteiger partial charge in [-0.05, 0) is 19.9 Å². The molecule has 0 spiro atoms. The first-order valence-electron chi connectivity index (χ1n) is 6.58.